The van der Waals surface area contributed by atoms with Crippen molar-refractivity contribution in [1.82, 2.24) is 4.72 Å². The first kappa shape index (κ1) is 25.2. The number of hydrogen-bond donors (Lipinski definition) is 2. The van der Waals surface area contributed by atoms with Crippen LogP contribution in [0.4, 0.5) is 5.69 Å². The number of aryl methyl sites for hydroxylation is 1. The molecule has 4 aromatic rings. The van der Waals surface area contributed by atoms with Crippen molar-refractivity contribution in [3.63, 3.8) is 0 Å². The van der Waals surface area contributed by atoms with Crippen LogP contribution in [0, 0.1) is 6.92 Å². The quantitative estimate of drug-likeness (QED) is 0.317. The van der Waals surface area contributed by atoms with Gasteiger partial charge in [-0.05, 0) is 60.9 Å². The lowest BCUT2D eigenvalue weighted by Crippen LogP contribution is -2.45. The van der Waals surface area contributed by atoms with E-state index >= 15 is 0 Å². The average Bonchev–Trinajstić information content (AvgIpc) is 2.89. The Morgan fingerprint density at radius 2 is 1.36 bits per heavy atom. The van der Waals surface area contributed by atoms with Gasteiger partial charge in [-0.2, -0.15) is 4.72 Å². The monoisotopic (exact) mass is 500 g/mol. The minimum absolute atomic E-state index is 0.110. The highest BCUT2D eigenvalue weighted by molar-refractivity contribution is 7.89. The Balaban J connectivity index is 1.46. The molecule has 0 bridgehead atoms. The van der Waals surface area contributed by atoms with Crippen LogP contribution in [0.25, 0.3) is 0 Å². The summed E-state index contributed by atoms with van der Waals surface area (Å²) < 4.78 is 34.4. The van der Waals surface area contributed by atoms with E-state index in [2.05, 4.69) is 10.0 Å². The molecule has 0 radical (unpaired) electrons. The summed E-state index contributed by atoms with van der Waals surface area (Å²) in [4.78, 5) is 13.3. The maximum atomic E-state index is 13.2. The van der Waals surface area contributed by atoms with E-state index in [0.29, 0.717) is 18.0 Å². The van der Waals surface area contributed by atoms with Crippen LogP contribution in [-0.2, 0) is 27.8 Å². The molecule has 0 aliphatic carbocycles. The van der Waals surface area contributed by atoms with Crippen molar-refractivity contribution in [1.29, 1.82) is 0 Å². The fraction of sp³-hybridized carbons (Fsp3) is 0.138. The van der Waals surface area contributed by atoms with Crippen molar-refractivity contribution in [3.05, 3.63) is 126 Å². The number of nitrogens with one attached hydrogen (secondary N) is 2. The normalized spacial score (nSPS) is 12.0. The number of carbonyl (C=O) groups excluding carboxylic acids is 1. The molecule has 0 fully saturated rings. The first-order valence-corrected chi connectivity index (χ1v) is 13.1. The summed E-state index contributed by atoms with van der Waals surface area (Å²) in [7, 11) is -3.90. The third-order valence-corrected chi connectivity index (χ3v) is 7.09. The van der Waals surface area contributed by atoms with Crippen LogP contribution in [0.5, 0.6) is 5.75 Å². The molecule has 0 aromatic heterocycles. The van der Waals surface area contributed by atoms with E-state index in [-0.39, 0.29) is 11.3 Å². The number of benzene rings is 4. The fourth-order valence-corrected chi connectivity index (χ4v) is 4.81. The molecule has 7 heteroatoms. The predicted molar refractivity (Wildman–Crippen MR) is 141 cm³/mol. The van der Waals surface area contributed by atoms with Gasteiger partial charge in [-0.3, -0.25) is 4.79 Å². The van der Waals surface area contributed by atoms with Crippen LogP contribution in [0.1, 0.15) is 16.7 Å². The summed E-state index contributed by atoms with van der Waals surface area (Å²) in [5.41, 5.74) is 3.39. The molecule has 2 N–H and O–H groups in total. The number of anilines is 1. The van der Waals surface area contributed by atoms with Gasteiger partial charge in [-0.1, -0.05) is 78.4 Å². The summed E-state index contributed by atoms with van der Waals surface area (Å²) in [6.07, 6.45) is 0.204. The molecule has 1 amide bonds. The summed E-state index contributed by atoms with van der Waals surface area (Å²) >= 11 is 0. The van der Waals surface area contributed by atoms with Crippen LogP contribution in [0.3, 0.4) is 0 Å². The number of carbonyl (C=O) groups is 1. The van der Waals surface area contributed by atoms with Crippen LogP contribution in [0.15, 0.2) is 114 Å². The second-order valence-electron chi connectivity index (χ2n) is 8.46. The lowest BCUT2D eigenvalue weighted by atomic mass is 10.1. The lowest BCUT2D eigenvalue weighted by molar-refractivity contribution is -0.117. The van der Waals surface area contributed by atoms with Gasteiger partial charge in [0.2, 0.25) is 15.9 Å². The Morgan fingerprint density at radius 3 is 1.97 bits per heavy atom. The number of sulfonamides is 1. The summed E-state index contributed by atoms with van der Waals surface area (Å²) in [5, 5.41) is 2.83. The molecule has 4 aromatic carbocycles. The number of ether oxygens (including phenoxy) is 1. The molecular formula is C29H28N2O4S. The zero-order valence-corrected chi connectivity index (χ0v) is 20.7. The number of amides is 1. The minimum atomic E-state index is -3.90. The van der Waals surface area contributed by atoms with Crippen molar-refractivity contribution in [2.45, 2.75) is 30.9 Å². The van der Waals surface area contributed by atoms with E-state index in [9.17, 15) is 13.2 Å². The van der Waals surface area contributed by atoms with E-state index in [4.69, 9.17) is 4.74 Å². The molecule has 0 unspecified atom stereocenters. The third-order valence-electron chi connectivity index (χ3n) is 5.60. The molecule has 6 nitrogen and oxygen atoms in total. The van der Waals surface area contributed by atoms with Crippen LogP contribution < -0.4 is 14.8 Å². The Hall–Kier alpha value is -3.94. The SMILES string of the molecule is Cc1ccc(S(=O)(=O)N[C@H](Cc2ccccc2)C(=O)Nc2ccc(OCc3ccccc3)cc2)cc1. The van der Waals surface area contributed by atoms with Gasteiger partial charge in [-0.25, -0.2) is 8.42 Å². The zero-order valence-electron chi connectivity index (χ0n) is 19.9. The van der Waals surface area contributed by atoms with Gasteiger partial charge in [0.05, 0.1) is 4.90 Å². The average molecular weight is 501 g/mol. The number of hydrogen-bond acceptors (Lipinski definition) is 4. The Bertz CT molecular complexity index is 1370. The molecule has 0 aliphatic rings. The second kappa shape index (κ2) is 11.7. The molecule has 0 saturated heterocycles. The van der Waals surface area contributed by atoms with E-state index in [1.54, 1.807) is 36.4 Å². The Kier molecular flexibility index (Phi) is 8.15. The minimum Gasteiger partial charge on any atom is -0.489 e. The molecular weight excluding hydrogens is 472 g/mol. The summed E-state index contributed by atoms with van der Waals surface area (Å²) in [6, 6.07) is 31.6. The summed E-state index contributed by atoms with van der Waals surface area (Å²) in [5.74, 6) is 0.213. The number of rotatable bonds is 10. The molecule has 0 saturated carbocycles. The van der Waals surface area contributed by atoms with E-state index in [1.807, 2.05) is 67.6 Å². The van der Waals surface area contributed by atoms with E-state index < -0.39 is 22.0 Å². The maximum Gasteiger partial charge on any atom is 0.242 e. The lowest BCUT2D eigenvalue weighted by Gasteiger charge is -2.19. The van der Waals surface area contributed by atoms with Crippen molar-refractivity contribution in [2.75, 3.05) is 5.32 Å². The first-order valence-electron chi connectivity index (χ1n) is 11.6. The molecule has 0 spiro atoms. The predicted octanol–water partition coefficient (Wildman–Crippen LogP) is 5.10. The summed E-state index contributed by atoms with van der Waals surface area (Å²) in [6.45, 7) is 2.32. The zero-order chi connectivity index (χ0) is 25.4. The molecule has 0 heterocycles. The van der Waals surface area contributed by atoms with Crippen molar-refractivity contribution in [3.8, 4) is 5.75 Å². The highest BCUT2D eigenvalue weighted by atomic mass is 32.2. The van der Waals surface area contributed by atoms with Crippen LogP contribution in [0.2, 0.25) is 0 Å². The van der Waals surface area contributed by atoms with Gasteiger partial charge in [0.1, 0.15) is 18.4 Å². The second-order valence-corrected chi connectivity index (χ2v) is 10.2. The molecule has 4 rings (SSSR count). The largest absolute Gasteiger partial charge is 0.489 e. The molecule has 36 heavy (non-hydrogen) atoms. The van der Waals surface area contributed by atoms with Gasteiger partial charge < -0.3 is 10.1 Å². The third kappa shape index (κ3) is 7.04. The molecule has 0 aliphatic heterocycles. The van der Waals surface area contributed by atoms with Crippen LogP contribution in [-0.4, -0.2) is 20.4 Å². The van der Waals surface area contributed by atoms with Gasteiger partial charge >= 0.3 is 0 Å². The van der Waals surface area contributed by atoms with Crippen molar-refractivity contribution < 1.29 is 17.9 Å². The van der Waals surface area contributed by atoms with Crippen molar-refractivity contribution >= 4 is 21.6 Å². The van der Waals surface area contributed by atoms with Gasteiger partial charge in [-0.15, -0.1) is 0 Å². The smallest absolute Gasteiger partial charge is 0.242 e. The van der Waals surface area contributed by atoms with E-state index in [1.165, 1.54) is 12.1 Å². The fourth-order valence-electron chi connectivity index (χ4n) is 3.62. The maximum absolute atomic E-state index is 13.2. The topological polar surface area (TPSA) is 84.5 Å². The van der Waals surface area contributed by atoms with Crippen LogP contribution >= 0.6 is 0 Å². The highest BCUT2D eigenvalue weighted by Crippen LogP contribution is 2.18. The Morgan fingerprint density at radius 1 is 0.778 bits per heavy atom. The highest BCUT2D eigenvalue weighted by Gasteiger charge is 2.26. The van der Waals surface area contributed by atoms with E-state index in [0.717, 1.165) is 16.7 Å². The first-order chi connectivity index (χ1) is 17.4. The van der Waals surface area contributed by atoms with Gasteiger partial charge in [0.15, 0.2) is 0 Å². The Labute approximate surface area is 212 Å². The van der Waals surface area contributed by atoms with Crippen molar-refractivity contribution in [2.24, 2.45) is 0 Å². The molecule has 1 atom stereocenters. The van der Waals surface area contributed by atoms with Gasteiger partial charge in [0.25, 0.3) is 0 Å². The van der Waals surface area contributed by atoms with Gasteiger partial charge in [0, 0.05) is 5.69 Å². The standard InChI is InChI=1S/C29H28N2O4S/c1-22-12-18-27(19-13-22)36(33,34)31-28(20-23-8-4-2-5-9-23)29(32)30-25-14-16-26(17-15-25)35-21-24-10-6-3-7-11-24/h2-19,28,31H,20-21H2,1H3,(H,30,32)/t28-/m1/s1. The molecule has 184 valence electrons.